The Bertz CT molecular complexity index is 565. The van der Waals surface area contributed by atoms with E-state index in [9.17, 15) is 20.0 Å². The number of likely N-dealkylation sites (tertiary alicyclic amines) is 1. The van der Waals surface area contributed by atoms with Crippen LogP contribution in [0.4, 0.5) is 5.69 Å². The van der Waals surface area contributed by atoms with Crippen molar-refractivity contribution in [1.29, 1.82) is 0 Å². The lowest BCUT2D eigenvalue weighted by Gasteiger charge is -2.23. The number of aliphatic hydroxyl groups excluding tert-OH is 1. The Hall–Kier alpha value is -1.37. The highest BCUT2D eigenvalue weighted by molar-refractivity contribution is 6.43. The van der Waals surface area contributed by atoms with Gasteiger partial charge in [0.15, 0.2) is 0 Å². The van der Waals surface area contributed by atoms with E-state index < -0.39 is 10.6 Å². The van der Waals surface area contributed by atoms with Crippen molar-refractivity contribution >= 4 is 34.8 Å². The zero-order chi connectivity index (χ0) is 14.9. The molecule has 0 aromatic heterocycles. The van der Waals surface area contributed by atoms with Crippen molar-refractivity contribution in [2.45, 2.75) is 18.9 Å². The van der Waals surface area contributed by atoms with Crippen LogP contribution in [-0.4, -0.2) is 40.0 Å². The first-order chi connectivity index (χ1) is 9.45. The van der Waals surface area contributed by atoms with Gasteiger partial charge >= 0.3 is 0 Å². The monoisotopic (exact) mass is 318 g/mol. The Balaban J connectivity index is 2.37. The largest absolute Gasteiger partial charge is 0.394 e. The average Bonchev–Trinajstić information content (AvgIpc) is 2.88. The normalized spacial score (nSPS) is 18.4. The fraction of sp³-hybridized carbons (Fsp3) is 0.417. The van der Waals surface area contributed by atoms with Crippen LogP contribution < -0.4 is 0 Å². The molecule has 0 spiro atoms. The third kappa shape index (κ3) is 2.72. The lowest BCUT2D eigenvalue weighted by molar-refractivity contribution is -0.384. The number of halogens is 2. The predicted octanol–water partition coefficient (Wildman–Crippen LogP) is 2.50. The SMILES string of the molecule is O=C(c1cc(Cl)c(Cl)c([N+](=O)[O-])c1)N1CCCC1CO. The maximum Gasteiger partial charge on any atom is 0.290 e. The Labute approximate surface area is 125 Å². The van der Waals surface area contributed by atoms with Crippen molar-refractivity contribution < 1.29 is 14.8 Å². The Morgan fingerprint density at radius 1 is 1.50 bits per heavy atom. The minimum Gasteiger partial charge on any atom is -0.394 e. The van der Waals surface area contributed by atoms with Crippen LogP contribution in [0, 0.1) is 10.1 Å². The van der Waals surface area contributed by atoms with Crippen LogP contribution in [0.2, 0.25) is 10.0 Å². The van der Waals surface area contributed by atoms with Gasteiger partial charge < -0.3 is 10.0 Å². The van der Waals surface area contributed by atoms with E-state index in [-0.39, 0.29) is 34.2 Å². The summed E-state index contributed by atoms with van der Waals surface area (Å²) in [6.07, 6.45) is 1.51. The fourth-order valence-corrected chi connectivity index (χ4v) is 2.68. The van der Waals surface area contributed by atoms with Gasteiger partial charge in [-0.05, 0) is 18.9 Å². The van der Waals surface area contributed by atoms with Crippen LogP contribution >= 0.6 is 23.2 Å². The van der Waals surface area contributed by atoms with Gasteiger partial charge in [-0.3, -0.25) is 14.9 Å². The molecule has 1 aromatic carbocycles. The number of benzene rings is 1. The number of amides is 1. The summed E-state index contributed by atoms with van der Waals surface area (Å²) < 4.78 is 0. The molecule has 1 aliphatic rings. The summed E-state index contributed by atoms with van der Waals surface area (Å²) in [7, 11) is 0. The molecule has 0 bridgehead atoms. The van der Waals surface area contributed by atoms with Gasteiger partial charge in [0.1, 0.15) is 5.02 Å². The first-order valence-electron chi connectivity index (χ1n) is 6.01. The topological polar surface area (TPSA) is 83.7 Å². The van der Waals surface area contributed by atoms with Crippen molar-refractivity contribution in [3.63, 3.8) is 0 Å². The molecule has 0 aliphatic carbocycles. The zero-order valence-corrected chi connectivity index (χ0v) is 11.9. The third-order valence-electron chi connectivity index (χ3n) is 3.30. The van der Waals surface area contributed by atoms with Gasteiger partial charge in [0, 0.05) is 18.2 Å². The summed E-state index contributed by atoms with van der Waals surface area (Å²) in [4.78, 5) is 24.1. The van der Waals surface area contributed by atoms with Gasteiger partial charge in [-0.15, -0.1) is 0 Å². The second kappa shape index (κ2) is 5.95. The molecule has 20 heavy (non-hydrogen) atoms. The molecule has 1 aromatic rings. The van der Waals surface area contributed by atoms with Crippen LogP contribution in [0.25, 0.3) is 0 Å². The van der Waals surface area contributed by atoms with Crippen LogP contribution in [0.1, 0.15) is 23.2 Å². The van der Waals surface area contributed by atoms with Crippen LogP contribution in [0.15, 0.2) is 12.1 Å². The number of hydrogen-bond acceptors (Lipinski definition) is 4. The molecule has 1 N–H and O–H groups in total. The Morgan fingerprint density at radius 2 is 2.20 bits per heavy atom. The molecule has 108 valence electrons. The van der Waals surface area contributed by atoms with E-state index in [2.05, 4.69) is 0 Å². The lowest BCUT2D eigenvalue weighted by atomic mass is 10.1. The van der Waals surface area contributed by atoms with Crippen molar-refractivity contribution in [2.24, 2.45) is 0 Å². The lowest BCUT2D eigenvalue weighted by Crippen LogP contribution is -2.37. The van der Waals surface area contributed by atoms with Gasteiger partial charge in [-0.2, -0.15) is 0 Å². The van der Waals surface area contributed by atoms with E-state index in [1.54, 1.807) is 0 Å². The number of nitro groups is 1. The first kappa shape index (κ1) is 15.0. The number of nitrogens with zero attached hydrogens (tertiary/aromatic N) is 2. The molecule has 1 atom stereocenters. The van der Waals surface area contributed by atoms with Crippen LogP contribution in [0.3, 0.4) is 0 Å². The maximum atomic E-state index is 12.3. The van der Waals surface area contributed by atoms with Crippen molar-refractivity contribution in [3.8, 4) is 0 Å². The smallest absolute Gasteiger partial charge is 0.290 e. The van der Waals surface area contributed by atoms with Gasteiger partial charge in [-0.1, -0.05) is 23.2 Å². The maximum absolute atomic E-state index is 12.3. The van der Waals surface area contributed by atoms with E-state index in [1.165, 1.54) is 11.0 Å². The summed E-state index contributed by atoms with van der Waals surface area (Å²) >= 11 is 11.6. The number of carbonyl (C=O) groups is 1. The number of aliphatic hydroxyl groups is 1. The van der Waals surface area contributed by atoms with Gasteiger partial charge in [0.2, 0.25) is 0 Å². The molecule has 2 rings (SSSR count). The molecule has 1 unspecified atom stereocenters. The van der Waals surface area contributed by atoms with E-state index in [4.69, 9.17) is 23.2 Å². The highest BCUT2D eigenvalue weighted by atomic mass is 35.5. The predicted molar refractivity (Wildman–Crippen MR) is 74.3 cm³/mol. The van der Waals surface area contributed by atoms with Gasteiger partial charge in [-0.25, -0.2) is 0 Å². The van der Waals surface area contributed by atoms with Gasteiger partial charge in [0.25, 0.3) is 11.6 Å². The zero-order valence-electron chi connectivity index (χ0n) is 10.4. The fourth-order valence-electron chi connectivity index (χ4n) is 2.29. The molecule has 8 heteroatoms. The quantitative estimate of drug-likeness (QED) is 0.685. The molecule has 6 nitrogen and oxygen atoms in total. The van der Waals surface area contributed by atoms with Crippen molar-refractivity contribution in [1.82, 2.24) is 4.90 Å². The van der Waals surface area contributed by atoms with Gasteiger partial charge in [0.05, 0.1) is 22.6 Å². The molecule has 0 radical (unpaired) electrons. The minimum absolute atomic E-state index is 0.0380. The van der Waals surface area contributed by atoms with Crippen molar-refractivity contribution in [2.75, 3.05) is 13.2 Å². The highest BCUT2D eigenvalue weighted by Gasteiger charge is 2.30. The second-order valence-corrected chi connectivity index (χ2v) is 5.31. The van der Waals surface area contributed by atoms with E-state index in [0.717, 1.165) is 12.5 Å². The molecule has 1 saturated heterocycles. The summed E-state index contributed by atoms with van der Waals surface area (Å²) in [6, 6.07) is 2.17. The number of nitro benzene ring substituents is 1. The third-order valence-corrected chi connectivity index (χ3v) is 4.09. The number of rotatable bonds is 3. The molecular formula is C12H12Cl2N2O4. The van der Waals surface area contributed by atoms with Crippen LogP contribution in [0.5, 0.6) is 0 Å². The summed E-state index contributed by atoms with van der Waals surface area (Å²) in [5, 5.41) is 19.9. The summed E-state index contributed by atoms with van der Waals surface area (Å²) in [5.74, 6) is -0.386. The average molecular weight is 319 g/mol. The Morgan fingerprint density at radius 3 is 2.80 bits per heavy atom. The van der Waals surface area contributed by atoms with Crippen LogP contribution in [-0.2, 0) is 0 Å². The van der Waals surface area contributed by atoms with E-state index in [1.807, 2.05) is 0 Å². The first-order valence-corrected chi connectivity index (χ1v) is 6.76. The summed E-state index contributed by atoms with van der Waals surface area (Å²) in [6.45, 7) is 0.382. The van der Waals surface area contributed by atoms with E-state index in [0.29, 0.717) is 13.0 Å². The highest BCUT2D eigenvalue weighted by Crippen LogP contribution is 2.34. The standard InChI is InChI=1S/C12H12Cl2N2O4/c13-9-4-7(5-10(11(9)14)16(19)20)12(18)15-3-1-2-8(15)6-17/h4-5,8,17H,1-3,6H2. The Kier molecular flexibility index (Phi) is 4.47. The molecule has 1 fully saturated rings. The molecule has 1 amide bonds. The number of carbonyl (C=O) groups excluding carboxylic acids is 1. The molecule has 0 saturated carbocycles. The molecule has 1 heterocycles. The van der Waals surface area contributed by atoms with Crippen molar-refractivity contribution in [3.05, 3.63) is 37.9 Å². The minimum atomic E-state index is -0.682. The molecular weight excluding hydrogens is 307 g/mol. The molecule has 1 aliphatic heterocycles. The second-order valence-electron chi connectivity index (χ2n) is 4.53. The number of hydrogen-bond donors (Lipinski definition) is 1. The summed E-state index contributed by atoms with van der Waals surface area (Å²) in [5.41, 5.74) is -0.297. The van der Waals surface area contributed by atoms with E-state index >= 15 is 0 Å².